The van der Waals surface area contributed by atoms with Gasteiger partial charge in [0.2, 0.25) is 6.79 Å². The van der Waals surface area contributed by atoms with Crippen LogP contribution in [0.15, 0.2) is 66.2 Å². The maximum absolute atomic E-state index is 12.8. The van der Waals surface area contributed by atoms with Crippen molar-refractivity contribution in [3.05, 3.63) is 87.4 Å². The van der Waals surface area contributed by atoms with E-state index in [-0.39, 0.29) is 29.0 Å². The van der Waals surface area contributed by atoms with Gasteiger partial charge >= 0.3 is 0 Å². The van der Waals surface area contributed by atoms with Crippen LogP contribution in [-0.2, 0) is 16.2 Å². The number of hydrazine groups is 1. The molecule has 2 aliphatic rings. The van der Waals surface area contributed by atoms with Crippen molar-refractivity contribution in [2.75, 3.05) is 11.8 Å². The number of carbonyl (C=O) groups is 2. The van der Waals surface area contributed by atoms with Crippen LogP contribution in [0.3, 0.4) is 0 Å². The van der Waals surface area contributed by atoms with Crippen LogP contribution in [0.4, 0.5) is 5.69 Å². The maximum atomic E-state index is 12.8. The summed E-state index contributed by atoms with van der Waals surface area (Å²) in [5.74, 6) is 0.648. The molecular formula is C24H16Cl2N2O5. The van der Waals surface area contributed by atoms with Crippen LogP contribution in [0, 0.1) is 0 Å². The zero-order valence-corrected chi connectivity index (χ0v) is 18.5. The van der Waals surface area contributed by atoms with Crippen LogP contribution < -0.4 is 24.6 Å². The molecule has 5 rings (SSSR count). The molecule has 0 spiro atoms. The molecule has 1 fully saturated rings. The molecule has 3 aromatic carbocycles. The number of fused-ring (bicyclic) bond motifs is 1. The molecule has 0 saturated carbocycles. The molecule has 2 amide bonds. The first-order chi connectivity index (χ1) is 16.0. The van der Waals surface area contributed by atoms with Gasteiger partial charge in [-0.3, -0.25) is 15.0 Å². The summed E-state index contributed by atoms with van der Waals surface area (Å²) in [7, 11) is 0. The van der Waals surface area contributed by atoms with Gasteiger partial charge in [-0.15, -0.1) is 0 Å². The molecule has 9 heteroatoms. The molecule has 33 heavy (non-hydrogen) atoms. The minimum Gasteiger partial charge on any atom is -0.486 e. The van der Waals surface area contributed by atoms with E-state index in [0.29, 0.717) is 28.5 Å². The number of rotatable bonds is 5. The number of anilines is 1. The molecule has 0 aliphatic carbocycles. The number of halogens is 2. The summed E-state index contributed by atoms with van der Waals surface area (Å²) >= 11 is 12.8. The van der Waals surface area contributed by atoms with E-state index in [9.17, 15) is 9.59 Å². The van der Waals surface area contributed by atoms with Gasteiger partial charge in [-0.25, -0.2) is 5.01 Å². The molecule has 2 aliphatic heterocycles. The van der Waals surface area contributed by atoms with Crippen molar-refractivity contribution in [2.45, 2.75) is 6.61 Å². The molecule has 3 aromatic rings. The van der Waals surface area contributed by atoms with Gasteiger partial charge in [-0.1, -0.05) is 47.5 Å². The third kappa shape index (κ3) is 4.20. The van der Waals surface area contributed by atoms with Crippen molar-refractivity contribution in [3.8, 4) is 17.2 Å². The summed E-state index contributed by atoms with van der Waals surface area (Å²) in [6, 6.07) is 17.5. The lowest BCUT2D eigenvalue weighted by atomic mass is 10.1. The van der Waals surface area contributed by atoms with Gasteiger partial charge in [0, 0.05) is 0 Å². The van der Waals surface area contributed by atoms with Crippen molar-refractivity contribution >= 4 is 46.8 Å². The molecule has 0 radical (unpaired) electrons. The first kappa shape index (κ1) is 21.2. The molecular weight excluding hydrogens is 467 g/mol. The van der Waals surface area contributed by atoms with Crippen LogP contribution >= 0.6 is 23.2 Å². The number of nitrogens with one attached hydrogen (secondary N) is 1. The summed E-state index contributed by atoms with van der Waals surface area (Å²) < 4.78 is 16.5. The quantitative estimate of drug-likeness (QED) is 0.418. The fourth-order valence-electron chi connectivity index (χ4n) is 3.47. The Morgan fingerprint density at radius 3 is 2.45 bits per heavy atom. The molecule has 2 heterocycles. The Labute approximate surface area is 199 Å². The van der Waals surface area contributed by atoms with Crippen LogP contribution in [0.5, 0.6) is 17.2 Å². The molecule has 0 unspecified atom stereocenters. The number of amides is 2. The molecule has 7 nitrogen and oxygen atoms in total. The highest BCUT2D eigenvalue weighted by Crippen LogP contribution is 2.37. The van der Waals surface area contributed by atoms with E-state index in [1.54, 1.807) is 36.4 Å². The zero-order chi connectivity index (χ0) is 22.9. The fourth-order valence-corrected chi connectivity index (χ4v) is 4.08. The van der Waals surface area contributed by atoms with E-state index in [0.717, 1.165) is 5.56 Å². The Bertz CT molecular complexity index is 1270. The van der Waals surface area contributed by atoms with Crippen molar-refractivity contribution in [3.63, 3.8) is 0 Å². The van der Waals surface area contributed by atoms with Gasteiger partial charge in [0.05, 0.1) is 15.7 Å². The minimum absolute atomic E-state index is 0.0278. The Morgan fingerprint density at radius 2 is 1.70 bits per heavy atom. The van der Waals surface area contributed by atoms with E-state index < -0.39 is 11.8 Å². The largest absolute Gasteiger partial charge is 0.486 e. The smallest absolute Gasteiger partial charge is 0.282 e. The number of hydrogen-bond donors (Lipinski definition) is 1. The predicted octanol–water partition coefficient (Wildman–Crippen LogP) is 4.76. The first-order valence-electron chi connectivity index (χ1n) is 9.92. The van der Waals surface area contributed by atoms with E-state index in [1.807, 2.05) is 24.3 Å². The molecule has 166 valence electrons. The average molecular weight is 483 g/mol. The number of benzene rings is 3. The van der Waals surface area contributed by atoms with Gasteiger partial charge in [-0.2, -0.15) is 0 Å². The summed E-state index contributed by atoms with van der Waals surface area (Å²) in [6.07, 6.45) is 1.44. The SMILES string of the molecule is O=C1NN(c2ccccc2)C(=O)/C1=C\c1cc(Cl)c(OCc2ccc3c(c2)OCO3)c(Cl)c1. The lowest BCUT2D eigenvalue weighted by Crippen LogP contribution is -2.35. The van der Waals surface area contributed by atoms with Crippen molar-refractivity contribution < 1.29 is 23.8 Å². The summed E-state index contributed by atoms with van der Waals surface area (Å²) in [4.78, 5) is 25.2. The number of nitrogens with zero attached hydrogens (tertiary/aromatic N) is 1. The van der Waals surface area contributed by atoms with E-state index in [4.69, 9.17) is 37.4 Å². The third-order valence-electron chi connectivity index (χ3n) is 5.06. The highest BCUT2D eigenvalue weighted by atomic mass is 35.5. The topological polar surface area (TPSA) is 77.1 Å². The second kappa shape index (κ2) is 8.69. The van der Waals surface area contributed by atoms with Gasteiger partial charge in [-0.05, 0) is 53.6 Å². The lowest BCUT2D eigenvalue weighted by Gasteiger charge is -2.14. The van der Waals surface area contributed by atoms with Crippen molar-refractivity contribution in [2.24, 2.45) is 0 Å². The standard InChI is InChI=1S/C24H16Cl2N2O5/c25-18-9-15(8-17-23(29)27-28(24(17)30)16-4-2-1-3-5-16)10-19(26)22(18)31-12-14-6-7-20-21(11-14)33-13-32-20/h1-11H,12-13H2,(H,27,29)/b17-8-. The normalized spacial score (nSPS) is 15.8. The summed E-state index contributed by atoms with van der Waals surface area (Å²) in [6.45, 7) is 0.404. The number of para-hydroxylation sites is 1. The van der Waals surface area contributed by atoms with E-state index in [2.05, 4.69) is 5.43 Å². The van der Waals surface area contributed by atoms with Crippen LogP contribution in [-0.4, -0.2) is 18.6 Å². The Morgan fingerprint density at radius 1 is 0.970 bits per heavy atom. The highest BCUT2D eigenvalue weighted by molar-refractivity contribution is 6.37. The summed E-state index contributed by atoms with van der Waals surface area (Å²) in [5.41, 5.74) is 4.43. The summed E-state index contributed by atoms with van der Waals surface area (Å²) in [5, 5.41) is 1.70. The molecule has 0 bridgehead atoms. The van der Waals surface area contributed by atoms with Crippen molar-refractivity contribution in [1.82, 2.24) is 5.43 Å². The Balaban J connectivity index is 1.34. The second-order valence-corrected chi connectivity index (χ2v) is 8.08. The average Bonchev–Trinajstić information content (AvgIpc) is 3.38. The fraction of sp³-hybridized carbons (Fsp3) is 0.0833. The molecule has 1 saturated heterocycles. The lowest BCUT2D eigenvalue weighted by molar-refractivity contribution is -0.117. The van der Waals surface area contributed by atoms with Gasteiger partial charge < -0.3 is 14.2 Å². The predicted molar refractivity (Wildman–Crippen MR) is 123 cm³/mol. The van der Waals surface area contributed by atoms with E-state index >= 15 is 0 Å². The number of ether oxygens (including phenoxy) is 3. The number of carbonyl (C=O) groups excluding carboxylic acids is 2. The highest BCUT2D eigenvalue weighted by Gasteiger charge is 2.34. The van der Waals surface area contributed by atoms with Gasteiger partial charge in [0.1, 0.15) is 12.2 Å². The molecule has 0 atom stereocenters. The Hall–Kier alpha value is -3.68. The molecule has 0 aromatic heterocycles. The number of hydrogen-bond acceptors (Lipinski definition) is 5. The van der Waals surface area contributed by atoms with Crippen molar-refractivity contribution in [1.29, 1.82) is 0 Å². The third-order valence-corrected chi connectivity index (χ3v) is 5.62. The maximum Gasteiger partial charge on any atom is 0.282 e. The monoisotopic (exact) mass is 482 g/mol. The second-order valence-electron chi connectivity index (χ2n) is 7.27. The van der Waals surface area contributed by atoms with Crippen LogP contribution in [0.2, 0.25) is 10.0 Å². The van der Waals surface area contributed by atoms with E-state index in [1.165, 1.54) is 11.1 Å². The Kier molecular flexibility index (Phi) is 5.58. The minimum atomic E-state index is -0.515. The van der Waals surface area contributed by atoms with Crippen LogP contribution in [0.1, 0.15) is 11.1 Å². The van der Waals surface area contributed by atoms with Gasteiger partial charge in [0.15, 0.2) is 17.2 Å². The van der Waals surface area contributed by atoms with Gasteiger partial charge in [0.25, 0.3) is 11.8 Å². The zero-order valence-electron chi connectivity index (χ0n) is 17.0. The first-order valence-corrected chi connectivity index (χ1v) is 10.7. The van der Waals surface area contributed by atoms with Crippen LogP contribution in [0.25, 0.3) is 6.08 Å². The molecule has 1 N–H and O–H groups in total.